The molecule has 0 bridgehead atoms. The molecule has 18 heavy (non-hydrogen) atoms. The van der Waals surface area contributed by atoms with Crippen LogP contribution >= 0.6 is 11.5 Å². The minimum atomic E-state index is -1.21. The second-order valence-corrected chi connectivity index (χ2v) is 4.19. The monoisotopic (exact) mass is 271 g/mol. The van der Waals surface area contributed by atoms with Crippen molar-refractivity contribution in [3.63, 3.8) is 0 Å². The summed E-state index contributed by atoms with van der Waals surface area (Å²) in [5.41, 5.74) is -0.156. The number of anilines is 1. The maximum Gasteiger partial charge on any atom is 0.344 e. The Kier molecular flexibility index (Phi) is 4.67. The van der Waals surface area contributed by atoms with Gasteiger partial charge in [0.25, 0.3) is 0 Å². The lowest BCUT2D eigenvalue weighted by molar-refractivity contribution is 0.0694. The van der Waals surface area contributed by atoms with Gasteiger partial charge in [-0.1, -0.05) is 12.7 Å². The van der Waals surface area contributed by atoms with E-state index in [4.69, 9.17) is 9.84 Å². The van der Waals surface area contributed by atoms with Crippen LogP contribution in [0.25, 0.3) is 0 Å². The molecular weight excluding hydrogens is 258 g/mol. The third-order valence-electron chi connectivity index (χ3n) is 1.84. The zero-order valence-electron chi connectivity index (χ0n) is 9.97. The highest BCUT2D eigenvalue weighted by molar-refractivity contribution is 7.11. The van der Waals surface area contributed by atoms with Gasteiger partial charge in [-0.3, -0.25) is 5.32 Å². The lowest BCUT2D eigenvalue weighted by atomic mass is 10.3. The molecule has 1 rings (SSSR count). The van der Waals surface area contributed by atoms with Crippen LogP contribution in [0.15, 0.2) is 12.7 Å². The number of ether oxygens (including phenoxy) is 1. The van der Waals surface area contributed by atoms with Gasteiger partial charge >= 0.3 is 12.0 Å². The molecule has 0 saturated carbocycles. The van der Waals surface area contributed by atoms with Gasteiger partial charge in [0, 0.05) is 14.1 Å². The average Bonchev–Trinajstić information content (AvgIpc) is 2.69. The molecule has 2 amide bonds. The molecule has 0 aliphatic rings. The first-order valence-corrected chi connectivity index (χ1v) is 5.69. The van der Waals surface area contributed by atoms with Crippen molar-refractivity contribution in [2.24, 2.45) is 0 Å². The number of carboxylic acid groups (broad SMARTS) is 1. The quantitative estimate of drug-likeness (QED) is 0.792. The van der Waals surface area contributed by atoms with Crippen LogP contribution < -0.4 is 10.1 Å². The van der Waals surface area contributed by atoms with Gasteiger partial charge in [0.15, 0.2) is 5.56 Å². The summed E-state index contributed by atoms with van der Waals surface area (Å²) in [7, 11) is 3.10. The lowest BCUT2D eigenvalue weighted by Gasteiger charge is -2.10. The molecule has 0 saturated heterocycles. The Labute approximate surface area is 108 Å². The number of urea groups is 1. The second kappa shape index (κ2) is 6.01. The first-order valence-electron chi connectivity index (χ1n) is 4.92. The molecule has 98 valence electrons. The van der Waals surface area contributed by atoms with E-state index in [1.54, 1.807) is 14.1 Å². The number of carbonyl (C=O) groups excluding carboxylic acids is 1. The van der Waals surface area contributed by atoms with E-state index < -0.39 is 12.0 Å². The summed E-state index contributed by atoms with van der Waals surface area (Å²) in [6.45, 7) is 3.60. The van der Waals surface area contributed by atoms with E-state index in [-0.39, 0.29) is 23.1 Å². The van der Waals surface area contributed by atoms with E-state index in [9.17, 15) is 9.59 Å². The Morgan fingerprint density at radius 2 is 2.28 bits per heavy atom. The average molecular weight is 271 g/mol. The number of rotatable bonds is 5. The molecule has 0 aromatic carbocycles. The fraction of sp³-hybridized carbons (Fsp3) is 0.300. The summed E-state index contributed by atoms with van der Waals surface area (Å²) in [4.78, 5) is 23.9. The lowest BCUT2D eigenvalue weighted by Crippen LogP contribution is -2.27. The largest absolute Gasteiger partial charge is 0.477 e. The number of nitrogens with zero attached hydrogens (tertiary/aromatic N) is 2. The van der Waals surface area contributed by atoms with Crippen LogP contribution in [-0.2, 0) is 0 Å². The van der Waals surface area contributed by atoms with Gasteiger partial charge in [-0.25, -0.2) is 9.59 Å². The SMILES string of the molecule is C=CCOc1nsc(NC(=O)N(C)C)c1C(=O)O. The molecule has 1 heterocycles. The maximum atomic E-state index is 11.5. The molecule has 0 fully saturated rings. The van der Waals surface area contributed by atoms with Crippen LogP contribution in [0, 0.1) is 0 Å². The van der Waals surface area contributed by atoms with E-state index in [1.807, 2.05) is 0 Å². The molecule has 0 unspecified atom stereocenters. The minimum absolute atomic E-state index is 0.0264. The standard InChI is InChI=1S/C10H13N3O4S/c1-4-5-17-7-6(9(14)15)8(18-12-7)11-10(16)13(2)3/h4H,1,5H2,2-3H3,(H,11,16)(H,14,15). The Morgan fingerprint density at radius 1 is 1.61 bits per heavy atom. The van der Waals surface area contributed by atoms with E-state index >= 15 is 0 Å². The van der Waals surface area contributed by atoms with Crippen molar-refractivity contribution in [2.75, 3.05) is 26.0 Å². The normalized spacial score (nSPS) is 9.67. The van der Waals surface area contributed by atoms with Gasteiger partial charge in [0.2, 0.25) is 5.88 Å². The molecule has 0 aliphatic heterocycles. The Balaban J connectivity index is 2.98. The molecule has 0 spiro atoms. The van der Waals surface area contributed by atoms with Gasteiger partial charge in [-0.15, -0.1) is 0 Å². The topological polar surface area (TPSA) is 91.8 Å². The number of aromatic carboxylic acids is 1. The number of amides is 2. The van der Waals surface area contributed by atoms with E-state index in [1.165, 1.54) is 11.0 Å². The minimum Gasteiger partial charge on any atom is -0.477 e. The van der Waals surface area contributed by atoms with Crippen LogP contribution in [0.2, 0.25) is 0 Å². The van der Waals surface area contributed by atoms with Gasteiger partial charge in [0.05, 0.1) is 0 Å². The van der Waals surface area contributed by atoms with Crippen molar-refractivity contribution in [3.05, 3.63) is 18.2 Å². The third kappa shape index (κ3) is 3.20. The molecule has 1 aromatic rings. The zero-order valence-corrected chi connectivity index (χ0v) is 10.8. The number of carboxylic acids is 1. The summed E-state index contributed by atoms with van der Waals surface area (Å²) in [5.74, 6) is -1.24. The van der Waals surface area contributed by atoms with Crippen molar-refractivity contribution in [1.82, 2.24) is 9.27 Å². The first-order chi connectivity index (χ1) is 8.47. The number of carbonyl (C=O) groups is 2. The van der Waals surface area contributed by atoms with Crippen molar-refractivity contribution >= 4 is 28.5 Å². The van der Waals surface area contributed by atoms with E-state index in [2.05, 4.69) is 16.3 Å². The molecular formula is C10H13N3O4S. The predicted molar refractivity (Wildman–Crippen MR) is 67.5 cm³/mol. The van der Waals surface area contributed by atoms with Crippen LogP contribution in [0.3, 0.4) is 0 Å². The molecule has 0 atom stereocenters. The fourth-order valence-electron chi connectivity index (χ4n) is 0.995. The maximum absolute atomic E-state index is 11.5. The van der Waals surface area contributed by atoms with Crippen molar-refractivity contribution < 1.29 is 19.4 Å². The summed E-state index contributed by atoms with van der Waals surface area (Å²) >= 11 is 0.852. The summed E-state index contributed by atoms with van der Waals surface area (Å²) in [6, 6.07) is -0.434. The Morgan fingerprint density at radius 3 is 2.78 bits per heavy atom. The van der Waals surface area contributed by atoms with Crippen LogP contribution in [0.1, 0.15) is 10.4 Å². The molecule has 0 aliphatic carbocycles. The second-order valence-electron chi connectivity index (χ2n) is 3.42. The smallest absolute Gasteiger partial charge is 0.344 e. The number of hydrogen-bond donors (Lipinski definition) is 2. The van der Waals surface area contributed by atoms with Gasteiger partial charge in [0.1, 0.15) is 11.6 Å². The number of nitrogens with one attached hydrogen (secondary N) is 1. The van der Waals surface area contributed by atoms with Crippen molar-refractivity contribution in [2.45, 2.75) is 0 Å². The first kappa shape index (κ1) is 14.0. The molecule has 0 radical (unpaired) electrons. The zero-order chi connectivity index (χ0) is 13.7. The Bertz CT molecular complexity index is 470. The molecule has 1 aromatic heterocycles. The van der Waals surface area contributed by atoms with Gasteiger partial charge < -0.3 is 14.7 Å². The highest BCUT2D eigenvalue weighted by Crippen LogP contribution is 2.30. The Hall–Kier alpha value is -2.09. The molecule has 7 nitrogen and oxygen atoms in total. The summed E-state index contributed by atoms with van der Waals surface area (Å²) < 4.78 is 8.95. The molecule has 8 heteroatoms. The highest BCUT2D eigenvalue weighted by atomic mass is 32.1. The van der Waals surface area contributed by atoms with E-state index in [0.29, 0.717) is 0 Å². The summed E-state index contributed by atoms with van der Waals surface area (Å²) in [6.07, 6.45) is 1.48. The third-order valence-corrected chi connectivity index (χ3v) is 2.59. The van der Waals surface area contributed by atoms with Crippen molar-refractivity contribution in [1.29, 1.82) is 0 Å². The summed E-state index contributed by atoms with van der Waals surface area (Å²) in [5, 5.41) is 11.7. The van der Waals surface area contributed by atoms with E-state index in [0.717, 1.165) is 11.5 Å². The highest BCUT2D eigenvalue weighted by Gasteiger charge is 2.23. The van der Waals surface area contributed by atoms with Gasteiger partial charge in [-0.2, -0.15) is 4.37 Å². The van der Waals surface area contributed by atoms with Gasteiger partial charge in [-0.05, 0) is 11.5 Å². The van der Waals surface area contributed by atoms with Crippen LogP contribution in [-0.4, -0.2) is 47.1 Å². The van der Waals surface area contributed by atoms with Crippen LogP contribution in [0.5, 0.6) is 5.88 Å². The van der Waals surface area contributed by atoms with Crippen LogP contribution in [0.4, 0.5) is 9.80 Å². The number of aromatic nitrogens is 1. The molecule has 2 N–H and O–H groups in total. The van der Waals surface area contributed by atoms with Crippen molar-refractivity contribution in [3.8, 4) is 5.88 Å². The number of hydrogen-bond acceptors (Lipinski definition) is 5. The predicted octanol–water partition coefficient (Wildman–Crippen LogP) is 1.50. The fourth-order valence-corrected chi connectivity index (χ4v) is 1.71.